The first-order chi connectivity index (χ1) is 7.15. The van der Waals surface area contributed by atoms with Gasteiger partial charge in [0.15, 0.2) is 0 Å². The Morgan fingerprint density at radius 2 is 2.00 bits per heavy atom. The highest BCUT2D eigenvalue weighted by Gasteiger charge is 2.08. The Hall–Kier alpha value is -2.24. The molecule has 1 rings (SSSR count). The van der Waals surface area contributed by atoms with Crippen molar-refractivity contribution in [2.75, 3.05) is 6.54 Å². The molecular weight excluding hydrogens is 200 g/mol. The van der Waals surface area contributed by atoms with Crippen molar-refractivity contribution >= 4 is 17.9 Å². The normalized spacial score (nSPS) is 9.33. The molecule has 6 nitrogen and oxygen atoms in total. The van der Waals surface area contributed by atoms with Gasteiger partial charge in [0.2, 0.25) is 6.29 Å². The minimum Gasteiger partial charge on any atom is -0.344 e. The predicted molar refractivity (Wildman–Crippen MR) is 51.1 cm³/mol. The lowest BCUT2D eigenvalue weighted by Gasteiger charge is -1.99. The van der Waals surface area contributed by atoms with Gasteiger partial charge in [-0.05, 0) is 12.1 Å². The van der Waals surface area contributed by atoms with E-state index in [4.69, 9.17) is 0 Å². The van der Waals surface area contributed by atoms with Gasteiger partial charge in [0.25, 0.3) is 11.6 Å². The van der Waals surface area contributed by atoms with Gasteiger partial charge in [0.05, 0.1) is 11.5 Å². The van der Waals surface area contributed by atoms with E-state index < -0.39 is 10.8 Å². The highest BCUT2D eigenvalue weighted by molar-refractivity contribution is 5.95. The number of rotatable bonds is 4. The number of nitrogens with one attached hydrogen (secondary N) is 1. The maximum Gasteiger partial charge on any atom is 0.269 e. The molecule has 0 saturated carbocycles. The van der Waals surface area contributed by atoms with Crippen molar-refractivity contribution in [3.63, 3.8) is 0 Å². The van der Waals surface area contributed by atoms with Crippen LogP contribution >= 0.6 is 0 Å². The van der Waals surface area contributed by atoms with E-state index in [1.54, 1.807) is 0 Å². The van der Waals surface area contributed by atoms with Crippen LogP contribution in [0.1, 0.15) is 10.4 Å². The Morgan fingerprint density at radius 3 is 2.47 bits per heavy atom. The first-order valence-corrected chi connectivity index (χ1v) is 4.03. The monoisotopic (exact) mass is 207 g/mol. The standard InChI is InChI=1S/C9H7N2O4/c12-6-5-10-9(13)7-1-3-8(4-2-7)11(14)15/h1-4H,5H2,(H,10,13). The minimum atomic E-state index is -0.555. The summed E-state index contributed by atoms with van der Waals surface area (Å²) < 4.78 is 0. The van der Waals surface area contributed by atoms with E-state index in [0.717, 1.165) is 0 Å². The van der Waals surface area contributed by atoms with E-state index in [1.807, 2.05) is 0 Å². The van der Waals surface area contributed by atoms with Crippen LogP contribution in [-0.4, -0.2) is 23.7 Å². The minimum absolute atomic E-state index is 0.0894. The Kier molecular flexibility index (Phi) is 3.50. The molecule has 0 bridgehead atoms. The van der Waals surface area contributed by atoms with Crippen LogP contribution < -0.4 is 5.32 Å². The van der Waals surface area contributed by atoms with Gasteiger partial charge in [0.1, 0.15) is 0 Å². The number of benzene rings is 1. The Labute approximate surface area is 85.1 Å². The molecule has 1 radical (unpaired) electrons. The number of hydrogen-bond donors (Lipinski definition) is 1. The quantitative estimate of drug-likeness (QED) is 0.572. The smallest absolute Gasteiger partial charge is 0.269 e. The van der Waals surface area contributed by atoms with Crippen LogP contribution in [0.25, 0.3) is 0 Å². The van der Waals surface area contributed by atoms with Crippen molar-refractivity contribution in [1.82, 2.24) is 5.32 Å². The third-order valence-corrected chi connectivity index (χ3v) is 1.66. The topological polar surface area (TPSA) is 89.3 Å². The molecular formula is C9H7N2O4. The third-order valence-electron chi connectivity index (χ3n) is 1.66. The van der Waals surface area contributed by atoms with E-state index >= 15 is 0 Å². The first kappa shape index (κ1) is 10.8. The van der Waals surface area contributed by atoms with Crippen molar-refractivity contribution in [2.45, 2.75) is 0 Å². The maximum atomic E-state index is 11.2. The Morgan fingerprint density at radius 1 is 1.40 bits per heavy atom. The molecule has 0 fully saturated rings. The number of nitrogens with zero attached hydrogens (tertiary/aromatic N) is 1. The van der Waals surface area contributed by atoms with Crippen LogP contribution in [0.2, 0.25) is 0 Å². The van der Waals surface area contributed by atoms with Crippen LogP contribution in [0, 0.1) is 10.1 Å². The van der Waals surface area contributed by atoms with Gasteiger partial charge in [-0.3, -0.25) is 19.7 Å². The van der Waals surface area contributed by atoms with E-state index in [0.29, 0.717) is 0 Å². The summed E-state index contributed by atoms with van der Waals surface area (Å²) in [4.78, 5) is 30.8. The van der Waals surface area contributed by atoms with Crippen LogP contribution in [0.3, 0.4) is 0 Å². The summed E-state index contributed by atoms with van der Waals surface area (Å²) in [6.45, 7) is -0.199. The van der Waals surface area contributed by atoms with Gasteiger partial charge < -0.3 is 5.32 Å². The second-order valence-corrected chi connectivity index (χ2v) is 2.63. The molecule has 1 aromatic carbocycles. The molecule has 0 heterocycles. The zero-order valence-electron chi connectivity index (χ0n) is 7.60. The van der Waals surface area contributed by atoms with Crippen molar-refractivity contribution in [3.05, 3.63) is 39.9 Å². The highest BCUT2D eigenvalue weighted by Crippen LogP contribution is 2.11. The van der Waals surface area contributed by atoms with Crippen molar-refractivity contribution in [2.24, 2.45) is 0 Å². The van der Waals surface area contributed by atoms with Gasteiger partial charge in [0, 0.05) is 17.7 Å². The molecule has 1 amide bonds. The van der Waals surface area contributed by atoms with Crippen LogP contribution in [-0.2, 0) is 4.79 Å². The van der Waals surface area contributed by atoms with Gasteiger partial charge in [-0.15, -0.1) is 0 Å². The SMILES string of the molecule is O=[C]CNC(=O)c1ccc([N+](=O)[O-])cc1. The molecule has 0 unspecified atom stereocenters. The van der Waals surface area contributed by atoms with Gasteiger partial charge in [-0.25, -0.2) is 0 Å². The maximum absolute atomic E-state index is 11.2. The molecule has 0 spiro atoms. The number of nitro groups is 1. The summed E-state index contributed by atoms with van der Waals surface area (Å²) in [6, 6.07) is 5.08. The molecule has 6 heteroatoms. The molecule has 0 aromatic heterocycles. The van der Waals surface area contributed by atoms with E-state index in [-0.39, 0.29) is 17.8 Å². The fourth-order valence-electron chi connectivity index (χ4n) is 0.953. The lowest BCUT2D eigenvalue weighted by atomic mass is 10.2. The molecule has 15 heavy (non-hydrogen) atoms. The average molecular weight is 207 g/mol. The first-order valence-electron chi connectivity index (χ1n) is 4.03. The average Bonchev–Trinajstić information content (AvgIpc) is 2.26. The fourth-order valence-corrected chi connectivity index (χ4v) is 0.953. The molecule has 0 saturated heterocycles. The molecule has 1 N–H and O–H groups in total. The molecule has 0 aliphatic rings. The van der Waals surface area contributed by atoms with Crippen LogP contribution in [0.4, 0.5) is 5.69 Å². The number of nitro benzene ring substituents is 1. The summed E-state index contributed by atoms with van der Waals surface area (Å²) in [5.74, 6) is -0.465. The van der Waals surface area contributed by atoms with Gasteiger partial charge in [-0.2, -0.15) is 0 Å². The second-order valence-electron chi connectivity index (χ2n) is 2.63. The molecule has 1 aromatic rings. The highest BCUT2D eigenvalue weighted by atomic mass is 16.6. The number of carbonyl (C=O) groups excluding carboxylic acids is 2. The number of hydrogen-bond acceptors (Lipinski definition) is 4. The summed E-state index contributed by atoms with van der Waals surface area (Å²) in [6.07, 6.45) is 1.51. The van der Waals surface area contributed by atoms with Crippen molar-refractivity contribution in [1.29, 1.82) is 0 Å². The summed E-state index contributed by atoms with van der Waals surface area (Å²) in [5.41, 5.74) is 0.171. The Bertz CT molecular complexity index is 386. The molecule has 0 aliphatic carbocycles. The lowest BCUT2D eigenvalue weighted by molar-refractivity contribution is -0.384. The van der Waals surface area contributed by atoms with Crippen molar-refractivity contribution in [3.8, 4) is 0 Å². The summed E-state index contributed by atoms with van der Waals surface area (Å²) in [5, 5.41) is 12.6. The predicted octanol–water partition coefficient (Wildman–Crippen LogP) is 0.434. The molecule has 0 aliphatic heterocycles. The van der Waals surface area contributed by atoms with E-state index in [9.17, 15) is 19.7 Å². The second kappa shape index (κ2) is 4.85. The number of non-ortho nitro benzene ring substituents is 1. The number of carbonyl (C=O) groups is 1. The van der Waals surface area contributed by atoms with Crippen molar-refractivity contribution < 1.29 is 14.5 Å². The third kappa shape index (κ3) is 2.87. The van der Waals surface area contributed by atoms with Crippen LogP contribution in [0.15, 0.2) is 24.3 Å². The lowest BCUT2D eigenvalue weighted by Crippen LogP contribution is -2.24. The van der Waals surface area contributed by atoms with Crippen LogP contribution in [0.5, 0.6) is 0 Å². The largest absolute Gasteiger partial charge is 0.344 e. The van der Waals surface area contributed by atoms with E-state index in [1.165, 1.54) is 30.6 Å². The number of amides is 1. The van der Waals surface area contributed by atoms with Gasteiger partial charge in [-0.1, -0.05) is 0 Å². The zero-order chi connectivity index (χ0) is 11.3. The molecule has 77 valence electrons. The fraction of sp³-hybridized carbons (Fsp3) is 0.111. The summed E-state index contributed by atoms with van der Waals surface area (Å²) in [7, 11) is 0. The Balaban J connectivity index is 2.75. The van der Waals surface area contributed by atoms with E-state index in [2.05, 4.69) is 5.32 Å². The molecule has 0 atom stereocenters. The zero-order valence-corrected chi connectivity index (χ0v) is 7.60. The summed E-state index contributed by atoms with van der Waals surface area (Å²) >= 11 is 0. The van der Waals surface area contributed by atoms with Gasteiger partial charge >= 0.3 is 0 Å².